The van der Waals surface area contributed by atoms with Crippen molar-refractivity contribution in [3.63, 3.8) is 0 Å². The second-order valence-electron chi connectivity index (χ2n) is 16.6. The van der Waals surface area contributed by atoms with E-state index in [1.807, 2.05) is 24.3 Å². The first kappa shape index (κ1) is 35.9. The van der Waals surface area contributed by atoms with Crippen molar-refractivity contribution >= 4 is 0 Å². The fraction of sp³-hybridized carbons (Fsp3) is 0.442. The minimum absolute atomic E-state index is 0.128. The second kappa shape index (κ2) is 13.7. The molecule has 0 saturated heterocycles. The molecule has 0 aliphatic carbocycles. The molecule has 4 aromatic rings. The Balaban J connectivity index is 1.34. The molecule has 4 nitrogen and oxygen atoms in total. The Morgan fingerprint density at radius 1 is 0.404 bits per heavy atom. The van der Waals surface area contributed by atoms with E-state index in [0.29, 0.717) is 13.2 Å². The minimum Gasteiger partial charge on any atom is -0.493 e. The summed E-state index contributed by atoms with van der Waals surface area (Å²) < 4.78 is 24.9. The van der Waals surface area contributed by atoms with E-state index in [2.05, 4.69) is 156 Å². The second-order valence-corrected chi connectivity index (χ2v) is 16.6. The van der Waals surface area contributed by atoms with Crippen LogP contribution >= 0.6 is 0 Å². The Morgan fingerprint density at radius 3 is 1.19 bits per heavy atom. The molecule has 0 unspecified atom stereocenters. The number of benzene rings is 4. The quantitative estimate of drug-likeness (QED) is 0.155. The molecule has 252 valence electrons. The molecule has 0 saturated carbocycles. The lowest BCUT2D eigenvalue weighted by Crippen LogP contribution is -2.47. The largest absolute Gasteiger partial charge is 0.493 e. The lowest BCUT2D eigenvalue weighted by atomic mass is 9.77. The molecule has 0 N–H and O–H groups in total. The van der Waals surface area contributed by atoms with Gasteiger partial charge in [0, 0.05) is 10.8 Å². The first-order valence-corrected chi connectivity index (χ1v) is 16.8. The maximum atomic E-state index is 6.57. The molecule has 4 heteroatoms. The van der Waals surface area contributed by atoms with E-state index >= 15 is 0 Å². The minimum atomic E-state index is -0.481. The van der Waals surface area contributed by atoms with Crippen molar-refractivity contribution in [3.8, 4) is 34.1 Å². The molecule has 0 spiro atoms. The summed E-state index contributed by atoms with van der Waals surface area (Å²) in [6.45, 7) is 27.0. The smallest absolute Gasteiger partial charge is 0.120 e. The van der Waals surface area contributed by atoms with Gasteiger partial charge in [-0.15, -0.1) is 0 Å². The van der Waals surface area contributed by atoms with Crippen molar-refractivity contribution in [1.29, 1.82) is 0 Å². The molecule has 0 amide bonds. The summed E-state index contributed by atoms with van der Waals surface area (Å²) in [7, 11) is 0. The van der Waals surface area contributed by atoms with E-state index < -0.39 is 5.60 Å². The zero-order chi connectivity index (χ0) is 34.7. The van der Waals surface area contributed by atoms with Crippen molar-refractivity contribution in [2.24, 2.45) is 10.8 Å². The van der Waals surface area contributed by atoms with Crippen molar-refractivity contribution in [3.05, 3.63) is 108 Å². The van der Waals surface area contributed by atoms with E-state index in [1.54, 1.807) is 0 Å². The lowest BCUT2D eigenvalue weighted by molar-refractivity contribution is -0.0364. The standard InChI is InChI=1S/C43H56O4/c1-39(2,3)29-44-35-21-13-31(14-22-35)32-15-23-38(24-16-32)47-43(11,12)41(7,8)30-45-36-25-17-33(18-26-36)42(9,10)34-19-27-37(28-20-34)46-40(4,5)6/h13-28H,29-30H2,1-12H3. The number of ether oxygens (including phenoxy) is 4. The summed E-state index contributed by atoms with van der Waals surface area (Å²) in [5, 5.41) is 0. The Bertz CT molecular complexity index is 1560. The fourth-order valence-electron chi connectivity index (χ4n) is 5.06. The van der Waals surface area contributed by atoms with Gasteiger partial charge < -0.3 is 18.9 Å². The molecule has 0 aliphatic heterocycles. The Kier molecular flexibility index (Phi) is 10.4. The van der Waals surface area contributed by atoms with E-state index in [1.165, 1.54) is 11.1 Å². The summed E-state index contributed by atoms with van der Waals surface area (Å²) in [5.41, 5.74) is 3.74. The highest BCUT2D eigenvalue weighted by molar-refractivity contribution is 5.65. The van der Waals surface area contributed by atoms with Crippen molar-refractivity contribution < 1.29 is 18.9 Å². The van der Waals surface area contributed by atoms with Gasteiger partial charge in [-0.25, -0.2) is 0 Å². The number of rotatable bonds is 12. The van der Waals surface area contributed by atoms with Crippen molar-refractivity contribution in [2.75, 3.05) is 13.2 Å². The van der Waals surface area contributed by atoms with Crippen LogP contribution in [0.25, 0.3) is 11.1 Å². The van der Waals surface area contributed by atoms with Crippen LogP contribution in [0, 0.1) is 10.8 Å². The highest BCUT2D eigenvalue weighted by Gasteiger charge is 2.40. The number of hydrogen-bond acceptors (Lipinski definition) is 4. The van der Waals surface area contributed by atoms with Crippen LogP contribution in [0.1, 0.15) is 94.2 Å². The van der Waals surface area contributed by atoms with Gasteiger partial charge in [-0.2, -0.15) is 0 Å². The van der Waals surface area contributed by atoms with Gasteiger partial charge in [0.25, 0.3) is 0 Å². The highest BCUT2D eigenvalue weighted by atomic mass is 16.5. The zero-order valence-electron chi connectivity index (χ0n) is 30.8. The molecule has 0 fully saturated rings. The maximum absolute atomic E-state index is 6.57. The van der Waals surface area contributed by atoms with Crippen LogP contribution in [0.2, 0.25) is 0 Å². The molecule has 47 heavy (non-hydrogen) atoms. The maximum Gasteiger partial charge on any atom is 0.120 e. The van der Waals surface area contributed by atoms with Crippen LogP contribution in [0.3, 0.4) is 0 Å². The van der Waals surface area contributed by atoms with Crippen molar-refractivity contribution in [2.45, 2.75) is 99.7 Å². The summed E-state index contributed by atoms with van der Waals surface area (Å²) >= 11 is 0. The lowest BCUT2D eigenvalue weighted by Gasteiger charge is -2.41. The van der Waals surface area contributed by atoms with Gasteiger partial charge in [-0.3, -0.25) is 0 Å². The van der Waals surface area contributed by atoms with E-state index in [9.17, 15) is 0 Å². The molecular formula is C43H56O4. The molecule has 0 radical (unpaired) electrons. The van der Waals surface area contributed by atoms with E-state index in [0.717, 1.165) is 34.1 Å². The summed E-state index contributed by atoms with van der Waals surface area (Å²) in [6, 6.07) is 33.5. The average molecular weight is 637 g/mol. The third-order valence-electron chi connectivity index (χ3n) is 8.89. The third kappa shape index (κ3) is 9.79. The molecule has 0 atom stereocenters. The third-order valence-corrected chi connectivity index (χ3v) is 8.89. The molecule has 0 bridgehead atoms. The van der Waals surface area contributed by atoms with Crippen molar-refractivity contribution in [1.82, 2.24) is 0 Å². The predicted molar refractivity (Wildman–Crippen MR) is 196 cm³/mol. The topological polar surface area (TPSA) is 36.9 Å². The summed E-state index contributed by atoms with van der Waals surface area (Å²) in [6.07, 6.45) is 0. The molecule has 0 heterocycles. The Hall–Kier alpha value is -3.92. The normalized spacial score (nSPS) is 12.9. The van der Waals surface area contributed by atoms with Gasteiger partial charge >= 0.3 is 0 Å². The fourth-order valence-corrected chi connectivity index (χ4v) is 5.06. The van der Waals surface area contributed by atoms with Gasteiger partial charge in [-0.1, -0.05) is 97.0 Å². The van der Waals surface area contributed by atoms with Crippen LogP contribution in [0.15, 0.2) is 97.1 Å². The first-order valence-electron chi connectivity index (χ1n) is 16.8. The zero-order valence-corrected chi connectivity index (χ0v) is 30.8. The summed E-state index contributed by atoms with van der Waals surface area (Å²) in [4.78, 5) is 0. The van der Waals surface area contributed by atoms with Crippen LogP contribution in [0.5, 0.6) is 23.0 Å². The SMILES string of the molecule is CC(C)(C)COc1ccc(-c2ccc(OC(C)(C)C(C)(C)COc3ccc(C(C)(C)c4ccc(OC(C)(C)C)cc4)cc3)cc2)cc1. The number of hydrogen-bond donors (Lipinski definition) is 0. The average Bonchev–Trinajstić information content (AvgIpc) is 2.99. The first-order chi connectivity index (χ1) is 21.7. The highest BCUT2D eigenvalue weighted by Crippen LogP contribution is 2.38. The van der Waals surface area contributed by atoms with Crippen LogP contribution in [-0.2, 0) is 5.41 Å². The van der Waals surface area contributed by atoms with E-state index in [4.69, 9.17) is 18.9 Å². The van der Waals surface area contributed by atoms with Gasteiger partial charge in [0.05, 0.1) is 13.2 Å². The molecule has 4 aromatic carbocycles. The molecule has 4 rings (SSSR count). The van der Waals surface area contributed by atoms with Crippen LogP contribution in [0.4, 0.5) is 0 Å². The van der Waals surface area contributed by atoms with Gasteiger partial charge in [0.15, 0.2) is 0 Å². The summed E-state index contributed by atoms with van der Waals surface area (Å²) in [5.74, 6) is 3.46. The van der Waals surface area contributed by atoms with Crippen LogP contribution < -0.4 is 18.9 Å². The van der Waals surface area contributed by atoms with Gasteiger partial charge in [-0.05, 0) is 111 Å². The monoisotopic (exact) mass is 636 g/mol. The van der Waals surface area contributed by atoms with Crippen LogP contribution in [-0.4, -0.2) is 24.4 Å². The Labute approximate surface area is 284 Å². The Morgan fingerprint density at radius 2 is 0.766 bits per heavy atom. The molecular weight excluding hydrogens is 580 g/mol. The predicted octanol–water partition coefficient (Wildman–Crippen LogP) is 11.5. The van der Waals surface area contributed by atoms with Gasteiger partial charge in [0.2, 0.25) is 0 Å². The van der Waals surface area contributed by atoms with Gasteiger partial charge in [0.1, 0.15) is 34.2 Å². The van der Waals surface area contributed by atoms with E-state index in [-0.39, 0.29) is 21.8 Å². The molecule has 0 aliphatic rings. The molecule has 0 aromatic heterocycles.